The highest BCUT2D eigenvalue weighted by molar-refractivity contribution is 5.93. The highest BCUT2D eigenvalue weighted by Gasteiger charge is 2.30. The number of fused-ring (bicyclic) bond motifs is 1. The molecule has 2 aromatic heterocycles. The van der Waals surface area contributed by atoms with Gasteiger partial charge in [0, 0.05) is 11.5 Å². The molecule has 7 heteroatoms. The number of imidazole rings is 1. The van der Waals surface area contributed by atoms with Gasteiger partial charge in [0.25, 0.3) is 0 Å². The van der Waals surface area contributed by atoms with E-state index in [1.165, 1.54) is 34.9 Å². The van der Waals surface area contributed by atoms with E-state index in [2.05, 4.69) is 10.3 Å². The molecule has 1 fully saturated rings. The van der Waals surface area contributed by atoms with Gasteiger partial charge in [-0.25, -0.2) is 13.8 Å². The van der Waals surface area contributed by atoms with Crippen LogP contribution in [0.1, 0.15) is 18.4 Å². The highest BCUT2D eigenvalue weighted by atomic mass is 19.1. The maximum absolute atomic E-state index is 14.5. The zero-order valence-electron chi connectivity index (χ0n) is 13.7. The Labute approximate surface area is 147 Å². The van der Waals surface area contributed by atoms with Gasteiger partial charge in [0.1, 0.15) is 17.3 Å². The Morgan fingerprint density at radius 1 is 1.27 bits per heavy atom. The van der Waals surface area contributed by atoms with Crippen molar-refractivity contribution in [3.05, 3.63) is 53.7 Å². The Balaban J connectivity index is 1.78. The number of amides is 1. The average Bonchev–Trinajstić information content (AvgIpc) is 3.38. The number of anilines is 1. The zero-order chi connectivity index (χ0) is 18.3. The fourth-order valence-corrected chi connectivity index (χ4v) is 2.88. The number of rotatable bonds is 4. The first kappa shape index (κ1) is 16.2. The van der Waals surface area contributed by atoms with Crippen molar-refractivity contribution in [1.82, 2.24) is 9.38 Å². The molecule has 1 N–H and O–H groups in total. The Morgan fingerprint density at radius 3 is 2.77 bits per heavy atom. The van der Waals surface area contributed by atoms with Crippen LogP contribution in [0.5, 0.6) is 0 Å². The van der Waals surface area contributed by atoms with Crippen molar-refractivity contribution in [1.29, 1.82) is 5.26 Å². The van der Waals surface area contributed by atoms with Gasteiger partial charge < -0.3 is 5.32 Å². The van der Waals surface area contributed by atoms with Crippen LogP contribution < -0.4 is 5.32 Å². The van der Waals surface area contributed by atoms with Crippen molar-refractivity contribution in [3.8, 4) is 17.3 Å². The lowest BCUT2D eigenvalue weighted by atomic mass is 10.1. The zero-order valence-corrected chi connectivity index (χ0v) is 13.7. The standard InChI is InChI=1S/C19H14F2N4O/c20-14-5-6-17-23-16(24-19(26)12-2-3-12)10-25(17)18(14)13-4-1-11(7-8-22)9-15(13)21/h1,4-6,9-10,12H,2-3,7H2,(H,24,26). The number of carbonyl (C=O) groups excluding carboxylic acids is 1. The van der Waals surface area contributed by atoms with E-state index < -0.39 is 11.6 Å². The number of nitrogens with zero attached hydrogens (tertiary/aromatic N) is 3. The molecule has 4 rings (SSSR count). The molecule has 0 bridgehead atoms. The van der Waals surface area contributed by atoms with Crippen molar-refractivity contribution in [2.24, 2.45) is 5.92 Å². The van der Waals surface area contributed by atoms with Gasteiger partial charge >= 0.3 is 0 Å². The molecule has 0 radical (unpaired) electrons. The molecule has 0 aliphatic heterocycles. The number of carbonyl (C=O) groups is 1. The lowest BCUT2D eigenvalue weighted by Crippen LogP contribution is -2.13. The molecule has 1 aliphatic rings. The van der Waals surface area contributed by atoms with E-state index in [1.54, 1.807) is 6.07 Å². The van der Waals surface area contributed by atoms with E-state index in [0.29, 0.717) is 17.0 Å². The Hall–Kier alpha value is -3.27. The van der Waals surface area contributed by atoms with Crippen molar-refractivity contribution >= 4 is 17.4 Å². The summed E-state index contributed by atoms with van der Waals surface area (Å²) in [5, 5.41) is 11.4. The summed E-state index contributed by atoms with van der Waals surface area (Å²) in [6.07, 6.45) is 3.28. The largest absolute Gasteiger partial charge is 0.309 e. The third-order valence-corrected chi connectivity index (χ3v) is 4.35. The van der Waals surface area contributed by atoms with Crippen LogP contribution in [0.15, 0.2) is 36.5 Å². The monoisotopic (exact) mass is 352 g/mol. The number of nitrogens with one attached hydrogen (secondary N) is 1. The second-order valence-electron chi connectivity index (χ2n) is 6.30. The minimum Gasteiger partial charge on any atom is -0.309 e. The Bertz CT molecular complexity index is 1060. The second kappa shape index (κ2) is 6.23. The summed E-state index contributed by atoms with van der Waals surface area (Å²) in [6.45, 7) is 0. The summed E-state index contributed by atoms with van der Waals surface area (Å²) < 4.78 is 30.4. The number of halogens is 2. The van der Waals surface area contributed by atoms with E-state index in [0.717, 1.165) is 12.8 Å². The molecule has 5 nitrogen and oxygen atoms in total. The predicted octanol–water partition coefficient (Wildman–Crippen LogP) is 3.69. The molecule has 0 unspecified atom stereocenters. The Kier molecular flexibility index (Phi) is 3.88. The van der Waals surface area contributed by atoms with E-state index in [4.69, 9.17) is 5.26 Å². The molecule has 2 heterocycles. The van der Waals surface area contributed by atoms with Gasteiger partial charge in [-0.1, -0.05) is 6.07 Å². The lowest BCUT2D eigenvalue weighted by molar-refractivity contribution is -0.117. The van der Waals surface area contributed by atoms with Crippen molar-refractivity contribution in [2.75, 3.05) is 5.32 Å². The molecule has 0 atom stereocenters. The van der Waals surface area contributed by atoms with E-state index >= 15 is 0 Å². The summed E-state index contributed by atoms with van der Waals surface area (Å²) in [4.78, 5) is 16.2. The van der Waals surface area contributed by atoms with Gasteiger partial charge in [0.05, 0.1) is 24.4 Å². The second-order valence-corrected chi connectivity index (χ2v) is 6.30. The van der Waals surface area contributed by atoms with E-state index in [9.17, 15) is 13.6 Å². The van der Waals surface area contributed by atoms with Crippen molar-refractivity contribution in [2.45, 2.75) is 19.3 Å². The molecule has 1 aromatic carbocycles. The first-order valence-corrected chi connectivity index (χ1v) is 8.21. The normalized spacial score (nSPS) is 13.6. The molecule has 1 saturated carbocycles. The first-order chi connectivity index (χ1) is 12.6. The first-order valence-electron chi connectivity index (χ1n) is 8.21. The third-order valence-electron chi connectivity index (χ3n) is 4.35. The van der Waals surface area contributed by atoms with Crippen LogP contribution in [-0.4, -0.2) is 15.3 Å². The van der Waals surface area contributed by atoms with E-state index in [-0.39, 0.29) is 29.5 Å². The van der Waals surface area contributed by atoms with Crippen LogP contribution in [0, 0.1) is 28.9 Å². The highest BCUT2D eigenvalue weighted by Crippen LogP contribution is 2.31. The quantitative estimate of drug-likeness (QED) is 0.778. The smallest absolute Gasteiger partial charge is 0.228 e. The lowest BCUT2D eigenvalue weighted by Gasteiger charge is -2.09. The van der Waals surface area contributed by atoms with Gasteiger partial charge in [-0.3, -0.25) is 9.20 Å². The van der Waals surface area contributed by atoms with Crippen LogP contribution in [0.25, 0.3) is 16.9 Å². The fraction of sp³-hybridized carbons (Fsp3) is 0.211. The minimum absolute atomic E-state index is 0.0149. The van der Waals surface area contributed by atoms with Crippen molar-refractivity contribution in [3.63, 3.8) is 0 Å². The van der Waals surface area contributed by atoms with Crippen LogP contribution >= 0.6 is 0 Å². The molecule has 1 amide bonds. The van der Waals surface area contributed by atoms with E-state index in [1.807, 2.05) is 6.07 Å². The minimum atomic E-state index is -0.624. The molecule has 130 valence electrons. The van der Waals surface area contributed by atoms with Crippen molar-refractivity contribution < 1.29 is 13.6 Å². The number of hydrogen-bond donors (Lipinski definition) is 1. The van der Waals surface area contributed by atoms with Gasteiger partial charge in [0.2, 0.25) is 5.91 Å². The van der Waals surface area contributed by atoms with Crippen LogP contribution in [0.4, 0.5) is 14.6 Å². The van der Waals surface area contributed by atoms with Gasteiger partial charge in [-0.2, -0.15) is 5.26 Å². The topological polar surface area (TPSA) is 70.2 Å². The molecule has 0 saturated heterocycles. The van der Waals surface area contributed by atoms with Crippen LogP contribution in [-0.2, 0) is 11.2 Å². The summed E-state index contributed by atoms with van der Waals surface area (Å²) in [7, 11) is 0. The molecule has 1 aliphatic carbocycles. The number of hydrogen-bond acceptors (Lipinski definition) is 3. The number of aromatic nitrogens is 2. The molecular weight excluding hydrogens is 338 g/mol. The number of pyridine rings is 1. The molecule has 0 spiro atoms. The maximum atomic E-state index is 14.5. The molecule has 3 aromatic rings. The van der Waals surface area contributed by atoms with Gasteiger partial charge in [-0.15, -0.1) is 0 Å². The Morgan fingerprint density at radius 2 is 2.08 bits per heavy atom. The average molecular weight is 352 g/mol. The summed E-state index contributed by atoms with van der Waals surface area (Å²) in [5.41, 5.74) is 0.993. The predicted molar refractivity (Wildman–Crippen MR) is 91.2 cm³/mol. The number of nitriles is 1. The third kappa shape index (κ3) is 2.90. The fourth-order valence-electron chi connectivity index (χ4n) is 2.88. The number of benzene rings is 1. The molecule has 26 heavy (non-hydrogen) atoms. The van der Waals surface area contributed by atoms with Gasteiger partial charge in [-0.05, 0) is 42.7 Å². The summed E-state index contributed by atoms with van der Waals surface area (Å²) in [5.74, 6) is -1.03. The summed E-state index contributed by atoms with van der Waals surface area (Å²) in [6, 6.07) is 8.89. The van der Waals surface area contributed by atoms with Crippen LogP contribution in [0.2, 0.25) is 0 Å². The van der Waals surface area contributed by atoms with Gasteiger partial charge in [0.15, 0.2) is 5.82 Å². The molecular formula is C19H14F2N4O. The maximum Gasteiger partial charge on any atom is 0.228 e. The van der Waals surface area contributed by atoms with Crippen LogP contribution in [0.3, 0.4) is 0 Å². The summed E-state index contributed by atoms with van der Waals surface area (Å²) >= 11 is 0. The SMILES string of the molecule is N#CCc1ccc(-c2c(F)ccc3nc(NC(=O)C4CC4)cn23)c(F)c1.